The average molecular weight is 545 g/mol. The van der Waals surface area contributed by atoms with Crippen LogP contribution in [0.2, 0.25) is 0 Å². The summed E-state index contributed by atoms with van der Waals surface area (Å²) in [4.78, 5) is 23.2. The first-order chi connectivity index (χ1) is 14.6. The summed E-state index contributed by atoms with van der Waals surface area (Å²) in [5, 5.41) is 6.85. The molecule has 1 heterocycles. The summed E-state index contributed by atoms with van der Waals surface area (Å²) in [7, 11) is 0. The zero-order chi connectivity index (χ0) is 21.8. The van der Waals surface area contributed by atoms with Gasteiger partial charge in [-0.3, -0.25) is 19.6 Å². The fourth-order valence-corrected chi connectivity index (χ4v) is 3.91. The van der Waals surface area contributed by atoms with Crippen LogP contribution in [0.5, 0.6) is 0 Å². The molecule has 1 aliphatic heterocycles. The minimum absolute atomic E-state index is 0. The smallest absolute Gasteiger partial charge is 0.219 e. The summed E-state index contributed by atoms with van der Waals surface area (Å²) in [5.74, 6) is 1.04. The van der Waals surface area contributed by atoms with Crippen LogP contribution >= 0.6 is 24.0 Å². The molecule has 31 heavy (non-hydrogen) atoms. The van der Waals surface area contributed by atoms with Crippen molar-refractivity contribution in [3.8, 4) is 0 Å². The van der Waals surface area contributed by atoms with Crippen molar-refractivity contribution >= 4 is 35.8 Å². The first kappa shape index (κ1) is 27.6. The summed E-state index contributed by atoms with van der Waals surface area (Å²) in [6, 6.07) is 10.9. The number of hydrogen-bond acceptors (Lipinski definition) is 4. The maximum Gasteiger partial charge on any atom is 0.219 e. The van der Waals surface area contributed by atoms with Gasteiger partial charge in [0.1, 0.15) is 0 Å². The predicted molar refractivity (Wildman–Crippen MR) is 140 cm³/mol. The van der Waals surface area contributed by atoms with E-state index in [-0.39, 0.29) is 35.9 Å². The quantitative estimate of drug-likeness (QED) is 0.269. The second-order valence-electron chi connectivity index (χ2n) is 7.64. The lowest BCUT2D eigenvalue weighted by atomic mass is 10.1. The lowest BCUT2D eigenvalue weighted by molar-refractivity contribution is -0.130. The van der Waals surface area contributed by atoms with E-state index in [4.69, 9.17) is 4.99 Å². The van der Waals surface area contributed by atoms with Gasteiger partial charge in [0.25, 0.3) is 0 Å². The summed E-state index contributed by atoms with van der Waals surface area (Å²) in [6.07, 6.45) is 0. The second-order valence-corrected chi connectivity index (χ2v) is 7.64. The Morgan fingerprint density at radius 3 is 2.26 bits per heavy atom. The number of rotatable bonds is 10. The standard InChI is InChI=1S/C23H40N6O.HI/c1-5-24-23(25-13-14-27-15-17-29(18-16-27)20(4)30)26-19-22(28(6-2)7-3)21-11-9-8-10-12-21;/h8-12,22H,5-7,13-19H2,1-4H3,(H2,24,25,26);1H. The molecule has 0 saturated carbocycles. The number of nitrogens with one attached hydrogen (secondary N) is 2. The minimum Gasteiger partial charge on any atom is -0.357 e. The van der Waals surface area contributed by atoms with Crippen LogP contribution in [0.4, 0.5) is 0 Å². The van der Waals surface area contributed by atoms with Crippen LogP contribution < -0.4 is 10.6 Å². The number of halogens is 1. The number of carbonyl (C=O) groups is 1. The highest BCUT2D eigenvalue weighted by atomic mass is 127. The number of piperazine rings is 1. The van der Waals surface area contributed by atoms with Gasteiger partial charge < -0.3 is 15.5 Å². The fourth-order valence-electron chi connectivity index (χ4n) is 3.91. The Morgan fingerprint density at radius 2 is 1.71 bits per heavy atom. The SMILES string of the molecule is CCNC(=NCC(c1ccccc1)N(CC)CC)NCCN1CCN(C(C)=O)CC1.I. The molecule has 1 aromatic carbocycles. The number of likely N-dealkylation sites (N-methyl/N-ethyl adjacent to an activating group) is 1. The van der Waals surface area contributed by atoms with E-state index in [9.17, 15) is 4.79 Å². The molecule has 2 rings (SSSR count). The Hall–Kier alpha value is -1.39. The highest BCUT2D eigenvalue weighted by Crippen LogP contribution is 2.20. The molecule has 1 unspecified atom stereocenters. The zero-order valence-corrected chi connectivity index (χ0v) is 22.0. The topological polar surface area (TPSA) is 63.2 Å². The molecule has 1 atom stereocenters. The van der Waals surface area contributed by atoms with E-state index in [1.165, 1.54) is 5.56 Å². The number of nitrogens with zero attached hydrogens (tertiary/aromatic N) is 4. The van der Waals surface area contributed by atoms with Crippen LogP contribution in [0.1, 0.15) is 39.3 Å². The molecular weight excluding hydrogens is 503 g/mol. The van der Waals surface area contributed by atoms with Crippen molar-refractivity contribution < 1.29 is 4.79 Å². The Kier molecular flexibility index (Phi) is 13.7. The average Bonchev–Trinajstić information content (AvgIpc) is 2.77. The van der Waals surface area contributed by atoms with Crippen LogP contribution in [-0.4, -0.2) is 92.0 Å². The molecule has 0 spiro atoms. The third-order valence-electron chi connectivity index (χ3n) is 5.74. The van der Waals surface area contributed by atoms with Crippen LogP contribution in [0, 0.1) is 0 Å². The maximum atomic E-state index is 11.5. The summed E-state index contributed by atoms with van der Waals surface area (Å²) >= 11 is 0. The Morgan fingerprint density at radius 1 is 1.06 bits per heavy atom. The second kappa shape index (κ2) is 15.4. The molecule has 0 aliphatic carbocycles. The number of carbonyl (C=O) groups excluding carboxylic acids is 1. The molecule has 8 heteroatoms. The van der Waals surface area contributed by atoms with Crippen LogP contribution in [0.15, 0.2) is 35.3 Å². The van der Waals surface area contributed by atoms with Crippen molar-refractivity contribution in [1.82, 2.24) is 25.3 Å². The van der Waals surface area contributed by atoms with Gasteiger partial charge >= 0.3 is 0 Å². The van der Waals surface area contributed by atoms with Gasteiger partial charge in [0.15, 0.2) is 5.96 Å². The van der Waals surface area contributed by atoms with E-state index in [1.54, 1.807) is 6.92 Å². The molecule has 1 aliphatic rings. The fraction of sp³-hybridized carbons (Fsp3) is 0.652. The van der Waals surface area contributed by atoms with Gasteiger partial charge in [-0.05, 0) is 25.6 Å². The van der Waals surface area contributed by atoms with E-state index < -0.39 is 0 Å². The molecule has 1 saturated heterocycles. The molecule has 0 radical (unpaired) electrons. The van der Waals surface area contributed by atoms with Crippen LogP contribution in [-0.2, 0) is 4.79 Å². The number of hydrogen-bond donors (Lipinski definition) is 2. The van der Waals surface area contributed by atoms with E-state index >= 15 is 0 Å². The minimum atomic E-state index is 0. The monoisotopic (exact) mass is 544 g/mol. The number of benzene rings is 1. The van der Waals surface area contributed by atoms with Crippen molar-refractivity contribution in [3.63, 3.8) is 0 Å². The van der Waals surface area contributed by atoms with Gasteiger partial charge in [-0.2, -0.15) is 0 Å². The van der Waals surface area contributed by atoms with Crippen molar-refractivity contribution in [3.05, 3.63) is 35.9 Å². The first-order valence-corrected chi connectivity index (χ1v) is 11.4. The maximum absolute atomic E-state index is 11.5. The van der Waals surface area contributed by atoms with Gasteiger partial charge in [0, 0.05) is 52.7 Å². The van der Waals surface area contributed by atoms with Gasteiger partial charge in [0.05, 0.1) is 12.6 Å². The number of guanidine groups is 1. The van der Waals surface area contributed by atoms with Gasteiger partial charge in [-0.25, -0.2) is 0 Å². The van der Waals surface area contributed by atoms with Gasteiger partial charge in [-0.15, -0.1) is 24.0 Å². The predicted octanol–water partition coefficient (Wildman–Crippen LogP) is 2.41. The third kappa shape index (κ3) is 9.33. The highest BCUT2D eigenvalue weighted by Gasteiger charge is 2.19. The molecule has 1 aromatic rings. The zero-order valence-electron chi connectivity index (χ0n) is 19.6. The van der Waals surface area contributed by atoms with Crippen molar-refractivity contribution in [2.24, 2.45) is 4.99 Å². The lowest BCUT2D eigenvalue weighted by Gasteiger charge is -2.34. The first-order valence-electron chi connectivity index (χ1n) is 11.4. The molecule has 1 amide bonds. The van der Waals surface area contributed by atoms with Crippen LogP contribution in [0.25, 0.3) is 0 Å². The molecule has 1 fully saturated rings. The molecule has 2 N–H and O–H groups in total. The third-order valence-corrected chi connectivity index (χ3v) is 5.74. The summed E-state index contributed by atoms with van der Waals surface area (Å²) in [6.45, 7) is 17.0. The van der Waals surface area contributed by atoms with E-state index in [0.29, 0.717) is 0 Å². The van der Waals surface area contributed by atoms with Gasteiger partial charge in [-0.1, -0.05) is 44.2 Å². The molecule has 0 aromatic heterocycles. The lowest BCUT2D eigenvalue weighted by Crippen LogP contribution is -2.50. The van der Waals surface area contributed by atoms with E-state index in [1.807, 2.05) is 4.90 Å². The number of aliphatic imine (C=N–C) groups is 1. The Labute approximate surface area is 205 Å². The molecular formula is C23H41IN6O. The van der Waals surface area contributed by atoms with Crippen molar-refractivity contribution in [2.75, 3.05) is 65.4 Å². The van der Waals surface area contributed by atoms with Crippen molar-refractivity contribution in [1.29, 1.82) is 0 Å². The Balaban J connectivity index is 0.00000480. The molecule has 0 bridgehead atoms. The summed E-state index contributed by atoms with van der Waals surface area (Å²) < 4.78 is 0. The van der Waals surface area contributed by atoms with Crippen LogP contribution in [0.3, 0.4) is 0 Å². The number of amides is 1. The Bertz CT molecular complexity index is 645. The normalized spacial score (nSPS) is 16.0. The van der Waals surface area contributed by atoms with Crippen molar-refractivity contribution in [2.45, 2.75) is 33.7 Å². The van der Waals surface area contributed by atoms with E-state index in [0.717, 1.165) is 71.4 Å². The molecule has 176 valence electrons. The van der Waals surface area contributed by atoms with Gasteiger partial charge in [0.2, 0.25) is 5.91 Å². The van der Waals surface area contributed by atoms with E-state index in [2.05, 4.69) is 71.5 Å². The summed E-state index contributed by atoms with van der Waals surface area (Å²) in [5.41, 5.74) is 1.31. The largest absolute Gasteiger partial charge is 0.357 e. The highest BCUT2D eigenvalue weighted by molar-refractivity contribution is 14.0. The molecule has 7 nitrogen and oxygen atoms in total.